The molecule has 1 fully saturated rings. The third kappa shape index (κ3) is 5.87. The first-order valence-electron chi connectivity index (χ1n) is 8.76. The largest absolute Gasteiger partial charge is 0.497 e. The quantitative estimate of drug-likeness (QED) is 0.796. The molecule has 0 atom stereocenters. The highest BCUT2D eigenvalue weighted by atomic mass is 16.5. The zero-order chi connectivity index (χ0) is 17.4. The maximum absolute atomic E-state index is 12.0. The Morgan fingerprint density at radius 1 is 1.25 bits per heavy atom. The average Bonchev–Trinajstić information content (AvgIpc) is 3.07. The second-order valence-electron chi connectivity index (χ2n) is 6.41. The van der Waals surface area contributed by atoms with Gasteiger partial charge in [0.2, 0.25) is 11.8 Å². The van der Waals surface area contributed by atoms with Crippen molar-refractivity contribution in [1.29, 1.82) is 0 Å². The molecule has 0 unspecified atom stereocenters. The van der Waals surface area contributed by atoms with Crippen molar-refractivity contribution >= 4 is 11.8 Å². The van der Waals surface area contributed by atoms with Gasteiger partial charge in [-0.05, 0) is 37.0 Å². The van der Waals surface area contributed by atoms with Crippen LogP contribution in [0.4, 0.5) is 0 Å². The molecule has 0 radical (unpaired) electrons. The smallest absolute Gasteiger partial charge is 0.221 e. The van der Waals surface area contributed by atoms with Crippen molar-refractivity contribution in [3.05, 3.63) is 29.8 Å². The van der Waals surface area contributed by atoms with Crippen LogP contribution in [0.1, 0.15) is 44.6 Å². The van der Waals surface area contributed by atoms with Crippen molar-refractivity contribution in [2.24, 2.45) is 0 Å². The van der Waals surface area contributed by atoms with E-state index in [1.165, 1.54) is 12.8 Å². The van der Waals surface area contributed by atoms with Crippen LogP contribution < -0.4 is 10.1 Å². The molecular weight excluding hydrogens is 304 g/mol. The molecule has 1 aliphatic rings. The summed E-state index contributed by atoms with van der Waals surface area (Å²) in [6.07, 6.45) is 5.68. The van der Waals surface area contributed by atoms with Gasteiger partial charge in [-0.3, -0.25) is 9.59 Å². The van der Waals surface area contributed by atoms with Gasteiger partial charge in [0.15, 0.2) is 0 Å². The maximum Gasteiger partial charge on any atom is 0.221 e. The normalized spacial score (nSPS) is 14.4. The van der Waals surface area contributed by atoms with Crippen LogP contribution in [0.5, 0.6) is 5.75 Å². The Hall–Kier alpha value is -2.04. The molecule has 1 saturated carbocycles. The van der Waals surface area contributed by atoms with Crippen molar-refractivity contribution in [3.63, 3.8) is 0 Å². The molecule has 5 nitrogen and oxygen atoms in total. The van der Waals surface area contributed by atoms with Crippen molar-refractivity contribution in [1.82, 2.24) is 10.2 Å². The van der Waals surface area contributed by atoms with Crippen LogP contribution in [0, 0.1) is 0 Å². The third-order valence-electron chi connectivity index (χ3n) is 4.58. The summed E-state index contributed by atoms with van der Waals surface area (Å²) >= 11 is 0. The summed E-state index contributed by atoms with van der Waals surface area (Å²) in [6, 6.07) is 8.18. The first-order chi connectivity index (χ1) is 11.6. The highest BCUT2D eigenvalue weighted by molar-refractivity contribution is 5.78. The Morgan fingerprint density at radius 3 is 2.67 bits per heavy atom. The molecule has 0 spiro atoms. The van der Waals surface area contributed by atoms with E-state index in [4.69, 9.17) is 4.74 Å². The maximum atomic E-state index is 12.0. The molecule has 1 N–H and O–H groups in total. The highest BCUT2D eigenvalue weighted by Gasteiger charge is 2.18. The van der Waals surface area contributed by atoms with Crippen molar-refractivity contribution in [2.45, 2.75) is 51.5 Å². The van der Waals surface area contributed by atoms with Crippen LogP contribution >= 0.6 is 0 Å². The summed E-state index contributed by atoms with van der Waals surface area (Å²) in [6.45, 7) is 2.64. The summed E-state index contributed by atoms with van der Waals surface area (Å²) in [5.41, 5.74) is 1.12. The van der Waals surface area contributed by atoms with E-state index in [-0.39, 0.29) is 11.8 Å². The number of ether oxygens (including phenoxy) is 1. The molecule has 0 bridgehead atoms. The molecule has 1 aliphatic carbocycles. The van der Waals surface area contributed by atoms with E-state index < -0.39 is 0 Å². The average molecular weight is 332 g/mol. The summed E-state index contributed by atoms with van der Waals surface area (Å²) in [5, 5.41) is 3.07. The summed E-state index contributed by atoms with van der Waals surface area (Å²) in [7, 11) is 1.64. The van der Waals surface area contributed by atoms with Gasteiger partial charge in [-0.2, -0.15) is 0 Å². The molecule has 2 rings (SSSR count). The van der Waals surface area contributed by atoms with E-state index in [0.717, 1.165) is 30.6 Å². The molecule has 2 amide bonds. The van der Waals surface area contributed by atoms with Gasteiger partial charge in [0.05, 0.1) is 7.11 Å². The standard InChI is InChI=1S/C19H28N2O3/c1-15(22)21(12-10-16-6-5-9-18(14-16)24-2)13-11-19(23)20-17-7-3-4-8-17/h5-6,9,14,17H,3-4,7-8,10-13H2,1-2H3,(H,20,23). The summed E-state index contributed by atoms with van der Waals surface area (Å²) in [4.78, 5) is 25.6. The predicted molar refractivity (Wildman–Crippen MR) is 94.0 cm³/mol. The van der Waals surface area contributed by atoms with E-state index in [1.807, 2.05) is 24.3 Å². The SMILES string of the molecule is COc1cccc(CCN(CCC(=O)NC2CCCC2)C(C)=O)c1. The summed E-state index contributed by atoms with van der Waals surface area (Å²) < 4.78 is 5.22. The summed E-state index contributed by atoms with van der Waals surface area (Å²) in [5.74, 6) is 0.874. The topological polar surface area (TPSA) is 58.6 Å². The molecule has 132 valence electrons. The lowest BCUT2D eigenvalue weighted by molar-refractivity contribution is -0.129. The number of hydrogen-bond acceptors (Lipinski definition) is 3. The molecule has 0 aliphatic heterocycles. The monoisotopic (exact) mass is 332 g/mol. The number of carbonyl (C=O) groups is 2. The first-order valence-corrected chi connectivity index (χ1v) is 8.76. The Bertz CT molecular complexity index is 553. The number of methoxy groups -OCH3 is 1. The van der Waals surface area contributed by atoms with E-state index in [0.29, 0.717) is 25.6 Å². The number of nitrogens with zero attached hydrogens (tertiary/aromatic N) is 1. The van der Waals surface area contributed by atoms with Gasteiger partial charge in [-0.25, -0.2) is 0 Å². The Morgan fingerprint density at radius 2 is 2.00 bits per heavy atom. The van der Waals surface area contributed by atoms with Crippen molar-refractivity contribution < 1.29 is 14.3 Å². The van der Waals surface area contributed by atoms with Crippen LogP contribution in [0.25, 0.3) is 0 Å². The fourth-order valence-electron chi connectivity index (χ4n) is 3.13. The van der Waals surface area contributed by atoms with Gasteiger partial charge in [0.25, 0.3) is 0 Å². The fourth-order valence-corrected chi connectivity index (χ4v) is 3.13. The Balaban J connectivity index is 1.78. The minimum atomic E-state index is 0.00608. The van der Waals surface area contributed by atoms with Crippen LogP contribution in [0.15, 0.2) is 24.3 Å². The number of benzene rings is 1. The lowest BCUT2D eigenvalue weighted by Gasteiger charge is -2.21. The van der Waals surface area contributed by atoms with Crippen LogP contribution in [-0.2, 0) is 16.0 Å². The van der Waals surface area contributed by atoms with Gasteiger partial charge in [-0.1, -0.05) is 25.0 Å². The molecule has 5 heteroatoms. The minimum absolute atomic E-state index is 0.00608. The molecule has 1 aromatic carbocycles. The van der Waals surface area contributed by atoms with Crippen LogP contribution in [0.3, 0.4) is 0 Å². The van der Waals surface area contributed by atoms with Gasteiger partial charge < -0.3 is 15.0 Å². The lowest BCUT2D eigenvalue weighted by atomic mass is 10.1. The fraction of sp³-hybridized carbons (Fsp3) is 0.579. The van der Waals surface area contributed by atoms with Crippen molar-refractivity contribution in [3.8, 4) is 5.75 Å². The second-order valence-corrected chi connectivity index (χ2v) is 6.41. The van der Waals surface area contributed by atoms with E-state index >= 15 is 0 Å². The molecule has 0 saturated heterocycles. The molecule has 24 heavy (non-hydrogen) atoms. The van der Waals surface area contributed by atoms with Gasteiger partial charge >= 0.3 is 0 Å². The second kappa shape index (κ2) is 9.30. The molecular formula is C19H28N2O3. The minimum Gasteiger partial charge on any atom is -0.497 e. The predicted octanol–water partition coefficient (Wildman–Crippen LogP) is 2.54. The Labute approximate surface area is 144 Å². The molecule has 1 aromatic rings. The molecule has 0 aromatic heterocycles. The number of rotatable bonds is 8. The molecule has 0 heterocycles. The van der Waals surface area contributed by atoms with E-state index in [9.17, 15) is 9.59 Å². The Kier molecular flexibility index (Phi) is 7.09. The zero-order valence-electron chi connectivity index (χ0n) is 14.7. The van der Waals surface area contributed by atoms with Gasteiger partial charge in [-0.15, -0.1) is 0 Å². The van der Waals surface area contributed by atoms with Gasteiger partial charge in [0.1, 0.15) is 5.75 Å². The lowest BCUT2D eigenvalue weighted by Crippen LogP contribution is -2.37. The number of hydrogen-bond donors (Lipinski definition) is 1. The first kappa shape index (κ1) is 18.3. The van der Waals surface area contributed by atoms with Crippen molar-refractivity contribution in [2.75, 3.05) is 20.2 Å². The van der Waals surface area contributed by atoms with E-state index in [1.54, 1.807) is 18.9 Å². The van der Waals surface area contributed by atoms with E-state index in [2.05, 4.69) is 5.32 Å². The van der Waals surface area contributed by atoms with Gasteiger partial charge in [0, 0.05) is 32.5 Å². The van der Waals surface area contributed by atoms with Crippen LogP contribution in [0.2, 0.25) is 0 Å². The number of amides is 2. The zero-order valence-corrected chi connectivity index (χ0v) is 14.7. The van der Waals surface area contributed by atoms with Crippen LogP contribution in [-0.4, -0.2) is 43.0 Å². The highest BCUT2D eigenvalue weighted by Crippen LogP contribution is 2.17. The third-order valence-corrected chi connectivity index (χ3v) is 4.58. The number of nitrogens with one attached hydrogen (secondary N) is 1. The number of carbonyl (C=O) groups excluding carboxylic acids is 2.